The lowest BCUT2D eigenvalue weighted by Gasteiger charge is -2.41. The van der Waals surface area contributed by atoms with Gasteiger partial charge in [0.05, 0.1) is 0 Å². The molecular formula is C11H26N2O. The highest BCUT2D eigenvalue weighted by molar-refractivity contribution is 4.90. The van der Waals surface area contributed by atoms with Crippen LogP contribution < -0.4 is 11.1 Å². The van der Waals surface area contributed by atoms with E-state index in [9.17, 15) is 5.11 Å². The minimum Gasteiger partial charge on any atom is -0.379 e. The van der Waals surface area contributed by atoms with Crippen molar-refractivity contribution in [3.63, 3.8) is 0 Å². The quantitative estimate of drug-likeness (QED) is 0.592. The molecule has 0 fully saturated rings. The number of hydrogen-bond acceptors (Lipinski definition) is 3. The van der Waals surface area contributed by atoms with Gasteiger partial charge in [0.15, 0.2) is 0 Å². The average molecular weight is 202 g/mol. The molecule has 3 heteroatoms. The molecule has 0 aliphatic carbocycles. The molecule has 0 heterocycles. The van der Waals surface area contributed by atoms with E-state index in [4.69, 9.17) is 5.73 Å². The molecule has 0 spiro atoms. The maximum Gasteiger partial charge on any atom is 0.105 e. The fourth-order valence-corrected chi connectivity index (χ4v) is 1.02. The monoisotopic (exact) mass is 202 g/mol. The van der Waals surface area contributed by atoms with Crippen LogP contribution >= 0.6 is 0 Å². The molecule has 86 valence electrons. The van der Waals surface area contributed by atoms with Gasteiger partial charge in [-0.3, -0.25) is 5.32 Å². The van der Waals surface area contributed by atoms with Crippen molar-refractivity contribution in [2.75, 3.05) is 6.54 Å². The Hall–Kier alpha value is -0.120. The molecule has 1 atom stereocenters. The lowest BCUT2D eigenvalue weighted by Crippen LogP contribution is -2.54. The van der Waals surface area contributed by atoms with E-state index in [1.165, 1.54) is 0 Å². The third kappa shape index (κ3) is 4.40. The fourth-order valence-electron chi connectivity index (χ4n) is 1.02. The molecule has 0 saturated heterocycles. The molecule has 0 amide bonds. The zero-order valence-corrected chi connectivity index (χ0v) is 10.2. The number of aliphatic hydroxyl groups excluding tert-OH is 1. The van der Waals surface area contributed by atoms with Gasteiger partial charge in [-0.25, -0.2) is 0 Å². The number of rotatable bonds is 5. The summed E-state index contributed by atoms with van der Waals surface area (Å²) in [7, 11) is 0. The van der Waals surface area contributed by atoms with Gasteiger partial charge in [0.2, 0.25) is 0 Å². The molecule has 0 aromatic carbocycles. The first-order valence-corrected chi connectivity index (χ1v) is 5.36. The van der Waals surface area contributed by atoms with E-state index in [-0.39, 0.29) is 11.0 Å². The van der Waals surface area contributed by atoms with Crippen molar-refractivity contribution < 1.29 is 5.11 Å². The molecular weight excluding hydrogens is 176 g/mol. The van der Waals surface area contributed by atoms with Crippen molar-refractivity contribution in [1.82, 2.24) is 5.32 Å². The molecule has 3 nitrogen and oxygen atoms in total. The summed E-state index contributed by atoms with van der Waals surface area (Å²) in [5.74, 6) is 0. The van der Waals surface area contributed by atoms with Crippen molar-refractivity contribution in [3.05, 3.63) is 0 Å². The highest BCUT2D eigenvalue weighted by atomic mass is 16.3. The number of nitrogens with one attached hydrogen (secondary N) is 1. The van der Waals surface area contributed by atoms with Gasteiger partial charge in [0.1, 0.15) is 6.23 Å². The normalized spacial score (nSPS) is 15.6. The Morgan fingerprint density at radius 1 is 1.21 bits per heavy atom. The van der Waals surface area contributed by atoms with Gasteiger partial charge in [-0.05, 0) is 38.6 Å². The molecule has 0 saturated carbocycles. The third-order valence-electron chi connectivity index (χ3n) is 3.08. The first-order valence-electron chi connectivity index (χ1n) is 5.36. The van der Waals surface area contributed by atoms with Crippen LogP contribution in [0.25, 0.3) is 0 Å². The van der Waals surface area contributed by atoms with Crippen molar-refractivity contribution in [2.45, 2.75) is 59.2 Å². The van der Waals surface area contributed by atoms with E-state index in [0.717, 1.165) is 12.8 Å². The van der Waals surface area contributed by atoms with E-state index in [2.05, 4.69) is 39.9 Å². The summed E-state index contributed by atoms with van der Waals surface area (Å²) < 4.78 is 0. The first kappa shape index (κ1) is 13.9. The topological polar surface area (TPSA) is 58.3 Å². The SMILES string of the molecule is CC(C)(C)C(C)(C)NC(O)CCCN. The summed E-state index contributed by atoms with van der Waals surface area (Å²) in [6.07, 6.45) is 1.12. The van der Waals surface area contributed by atoms with Crippen molar-refractivity contribution in [2.24, 2.45) is 11.1 Å². The van der Waals surface area contributed by atoms with Crippen molar-refractivity contribution >= 4 is 0 Å². The fraction of sp³-hybridized carbons (Fsp3) is 1.00. The van der Waals surface area contributed by atoms with Gasteiger partial charge >= 0.3 is 0 Å². The molecule has 1 unspecified atom stereocenters. The predicted octanol–water partition coefficient (Wildman–Crippen LogP) is 1.46. The van der Waals surface area contributed by atoms with Crippen LogP contribution in [0.2, 0.25) is 0 Å². The van der Waals surface area contributed by atoms with E-state index < -0.39 is 6.23 Å². The molecule has 0 aromatic rings. The standard InChI is InChI=1S/C11H26N2O/c1-10(2,3)11(4,5)13-9(14)7-6-8-12/h9,13-14H,6-8,12H2,1-5H3. The maximum atomic E-state index is 9.71. The Kier molecular flexibility index (Phi) is 5.06. The molecule has 0 aliphatic heterocycles. The summed E-state index contributed by atoms with van der Waals surface area (Å²) >= 11 is 0. The zero-order chi connectivity index (χ0) is 11.4. The second-order valence-electron chi connectivity index (χ2n) is 5.47. The maximum absolute atomic E-state index is 9.71. The summed E-state index contributed by atoms with van der Waals surface area (Å²) in [6, 6.07) is 0. The molecule has 14 heavy (non-hydrogen) atoms. The van der Waals surface area contributed by atoms with Gasteiger partial charge in [-0.15, -0.1) is 0 Å². The van der Waals surface area contributed by atoms with Gasteiger partial charge in [-0.2, -0.15) is 0 Å². The van der Waals surface area contributed by atoms with Gasteiger partial charge in [-0.1, -0.05) is 20.8 Å². The largest absolute Gasteiger partial charge is 0.379 e. The van der Waals surface area contributed by atoms with Crippen LogP contribution in [0.15, 0.2) is 0 Å². The van der Waals surface area contributed by atoms with E-state index in [1.807, 2.05) is 0 Å². The van der Waals surface area contributed by atoms with Crippen LogP contribution in [0, 0.1) is 5.41 Å². The predicted molar refractivity (Wildman–Crippen MR) is 61.0 cm³/mol. The second-order valence-corrected chi connectivity index (χ2v) is 5.47. The zero-order valence-electron chi connectivity index (χ0n) is 10.2. The lowest BCUT2D eigenvalue weighted by molar-refractivity contribution is 0.0494. The van der Waals surface area contributed by atoms with Crippen LogP contribution in [-0.4, -0.2) is 23.4 Å². The summed E-state index contributed by atoms with van der Waals surface area (Å²) in [4.78, 5) is 0. The van der Waals surface area contributed by atoms with Crippen LogP contribution in [0.4, 0.5) is 0 Å². The molecule has 0 rings (SSSR count). The third-order valence-corrected chi connectivity index (χ3v) is 3.08. The van der Waals surface area contributed by atoms with E-state index >= 15 is 0 Å². The van der Waals surface area contributed by atoms with E-state index in [0.29, 0.717) is 6.54 Å². The summed E-state index contributed by atoms with van der Waals surface area (Å²) in [5, 5.41) is 12.9. The minimum atomic E-state index is -0.451. The van der Waals surface area contributed by atoms with E-state index in [1.54, 1.807) is 0 Å². The molecule has 0 radical (unpaired) electrons. The second kappa shape index (κ2) is 5.10. The van der Waals surface area contributed by atoms with Crippen LogP contribution in [0.5, 0.6) is 0 Å². The summed E-state index contributed by atoms with van der Waals surface area (Å²) in [5.41, 5.74) is 5.43. The molecule has 4 N–H and O–H groups in total. The Balaban J connectivity index is 4.08. The Labute approximate surface area is 88.1 Å². The van der Waals surface area contributed by atoms with Crippen LogP contribution in [-0.2, 0) is 0 Å². The van der Waals surface area contributed by atoms with Gasteiger partial charge in [0.25, 0.3) is 0 Å². The lowest BCUT2D eigenvalue weighted by atomic mass is 9.76. The van der Waals surface area contributed by atoms with Crippen molar-refractivity contribution in [3.8, 4) is 0 Å². The Morgan fingerprint density at radius 2 is 1.71 bits per heavy atom. The number of nitrogens with two attached hydrogens (primary N) is 1. The highest BCUT2D eigenvalue weighted by Crippen LogP contribution is 2.29. The Morgan fingerprint density at radius 3 is 2.07 bits per heavy atom. The van der Waals surface area contributed by atoms with Crippen LogP contribution in [0.1, 0.15) is 47.5 Å². The average Bonchev–Trinajstić information content (AvgIpc) is 1.97. The van der Waals surface area contributed by atoms with Gasteiger partial charge < -0.3 is 10.8 Å². The first-order chi connectivity index (χ1) is 6.20. The highest BCUT2D eigenvalue weighted by Gasteiger charge is 2.33. The molecule has 0 aromatic heterocycles. The number of aliphatic hydroxyl groups is 1. The summed E-state index contributed by atoms with van der Waals surface area (Å²) in [6.45, 7) is 11.3. The minimum absolute atomic E-state index is 0.0823. The van der Waals surface area contributed by atoms with Crippen molar-refractivity contribution in [1.29, 1.82) is 0 Å². The van der Waals surface area contributed by atoms with Gasteiger partial charge in [0, 0.05) is 5.54 Å². The number of hydrogen-bond donors (Lipinski definition) is 3. The molecule has 0 aliphatic rings. The smallest absolute Gasteiger partial charge is 0.105 e. The van der Waals surface area contributed by atoms with Crippen LogP contribution in [0.3, 0.4) is 0 Å². The molecule has 0 bridgehead atoms. The Bertz CT molecular complexity index is 161.